The van der Waals surface area contributed by atoms with Gasteiger partial charge in [0.2, 0.25) is 5.60 Å². The molecule has 176 valence electrons. The van der Waals surface area contributed by atoms with Crippen LogP contribution in [0.15, 0.2) is 66.7 Å². The van der Waals surface area contributed by atoms with Gasteiger partial charge in [0, 0.05) is 15.6 Å². The summed E-state index contributed by atoms with van der Waals surface area (Å²) in [5.41, 5.74) is -0.211. The summed E-state index contributed by atoms with van der Waals surface area (Å²) < 4.78 is 18.6. The molecule has 6 nitrogen and oxygen atoms in total. The summed E-state index contributed by atoms with van der Waals surface area (Å²) in [7, 11) is 0. The van der Waals surface area contributed by atoms with Crippen molar-refractivity contribution in [3.8, 4) is 16.7 Å². The Morgan fingerprint density at radius 3 is 2.32 bits per heavy atom. The molecule has 1 aromatic heterocycles. The van der Waals surface area contributed by atoms with Crippen LogP contribution in [-0.4, -0.2) is 27.8 Å². The number of aromatic nitrogens is 1. The second kappa shape index (κ2) is 10.2. The minimum atomic E-state index is -1.66. The standard InChI is InChI=1S/C25H21Cl2NO5S/c1-15(31-14-18-19(26)6-5-7-20(18)27)25(2,23(29)30)33-17-12-10-16(11-13-17)32-24-28-21-8-3-4-9-22(21)34-24/h3-13,15H,14H2,1-2H3,(H,29,30). The van der Waals surface area contributed by atoms with Crippen LogP contribution in [0, 0.1) is 0 Å². The van der Waals surface area contributed by atoms with E-state index in [0.29, 0.717) is 32.3 Å². The van der Waals surface area contributed by atoms with Gasteiger partial charge in [0.25, 0.3) is 5.19 Å². The fourth-order valence-corrected chi connectivity index (χ4v) is 4.50. The number of ether oxygens (including phenoxy) is 3. The predicted molar refractivity (Wildman–Crippen MR) is 134 cm³/mol. The summed E-state index contributed by atoms with van der Waals surface area (Å²) in [4.78, 5) is 16.6. The van der Waals surface area contributed by atoms with Gasteiger partial charge in [-0.3, -0.25) is 0 Å². The average molecular weight is 518 g/mol. The summed E-state index contributed by atoms with van der Waals surface area (Å²) in [5, 5.41) is 11.3. The van der Waals surface area contributed by atoms with Crippen LogP contribution in [-0.2, 0) is 16.1 Å². The summed E-state index contributed by atoms with van der Waals surface area (Å²) in [6.45, 7) is 3.13. The quantitative estimate of drug-likeness (QED) is 0.252. The Hall–Kier alpha value is -2.84. The third kappa shape index (κ3) is 5.28. The Morgan fingerprint density at radius 2 is 1.68 bits per heavy atom. The lowest BCUT2D eigenvalue weighted by molar-refractivity contribution is -0.168. The zero-order valence-electron chi connectivity index (χ0n) is 18.3. The molecule has 0 spiro atoms. The van der Waals surface area contributed by atoms with Crippen LogP contribution < -0.4 is 9.47 Å². The van der Waals surface area contributed by atoms with E-state index in [-0.39, 0.29) is 6.61 Å². The van der Waals surface area contributed by atoms with Crippen molar-refractivity contribution in [2.75, 3.05) is 0 Å². The number of hydrogen-bond acceptors (Lipinski definition) is 6. The maximum absolute atomic E-state index is 12.1. The Labute approximate surface area is 210 Å². The topological polar surface area (TPSA) is 77.9 Å². The molecule has 2 atom stereocenters. The molecule has 4 rings (SSSR count). The molecule has 0 bridgehead atoms. The zero-order chi connectivity index (χ0) is 24.3. The molecule has 0 aliphatic heterocycles. The van der Waals surface area contributed by atoms with Gasteiger partial charge in [-0.05, 0) is 62.4 Å². The van der Waals surface area contributed by atoms with Crippen LogP contribution >= 0.6 is 34.5 Å². The van der Waals surface area contributed by atoms with Gasteiger partial charge in [0.05, 0.1) is 16.8 Å². The largest absolute Gasteiger partial charge is 0.478 e. The number of nitrogens with zero attached hydrogens (tertiary/aromatic N) is 1. The molecule has 2 unspecified atom stereocenters. The first-order valence-corrected chi connectivity index (χ1v) is 11.9. The van der Waals surface area contributed by atoms with E-state index in [4.69, 9.17) is 37.4 Å². The number of carboxylic acid groups (broad SMARTS) is 1. The second-order valence-electron chi connectivity index (χ2n) is 7.69. The van der Waals surface area contributed by atoms with Gasteiger partial charge in [-0.25, -0.2) is 9.78 Å². The highest BCUT2D eigenvalue weighted by molar-refractivity contribution is 7.20. The van der Waals surface area contributed by atoms with Crippen molar-refractivity contribution >= 4 is 50.7 Å². The summed E-state index contributed by atoms with van der Waals surface area (Å²) in [6, 6.07) is 19.6. The van der Waals surface area contributed by atoms with E-state index in [1.165, 1.54) is 18.3 Å². The molecule has 1 N–H and O–H groups in total. The molecular weight excluding hydrogens is 497 g/mol. The SMILES string of the molecule is CC(OCc1c(Cl)cccc1Cl)C(C)(Oc1ccc(Oc2nc3ccccc3s2)cc1)C(=O)O. The summed E-state index contributed by atoms with van der Waals surface area (Å²) in [6.07, 6.45) is -0.823. The minimum absolute atomic E-state index is 0.0425. The number of para-hydroxylation sites is 1. The molecule has 9 heteroatoms. The highest BCUT2D eigenvalue weighted by atomic mass is 35.5. The molecule has 1 heterocycles. The third-order valence-electron chi connectivity index (χ3n) is 5.37. The van der Waals surface area contributed by atoms with Crippen molar-refractivity contribution in [2.24, 2.45) is 0 Å². The molecule has 0 amide bonds. The third-order valence-corrected chi connectivity index (χ3v) is 7.00. The Balaban J connectivity index is 1.44. The number of fused-ring (bicyclic) bond motifs is 1. The molecule has 0 aliphatic rings. The molecular formula is C25H21Cl2NO5S. The fourth-order valence-electron chi connectivity index (χ4n) is 3.15. The van der Waals surface area contributed by atoms with Gasteiger partial charge in [-0.1, -0.05) is 52.7 Å². The van der Waals surface area contributed by atoms with E-state index >= 15 is 0 Å². The van der Waals surface area contributed by atoms with Gasteiger partial charge >= 0.3 is 5.97 Å². The molecule has 0 fully saturated rings. The van der Waals surface area contributed by atoms with Gasteiger partial charge < -0.3 is 19.3 Å². The molecule has 4 aromatic rings. The Morgan fingerprint density at radius 1 is 1.03 bits per heavy atom. The molecule has 0 saturated heterocycles. The van der Waals surface area contributed by atoms with E-state index in [9.17, 15) is 9.90 Å². The van der Waals surface area contributed by atoms with E-state index in [0.717, 1.165) is 10.2 Å². The van der Waals surface area contributed by atoms with Crippen molar-refractivity contribution in [1.29, 1.82) is 0 Å². The number of hydrogen-bond donors (Lipinski definition) is 1. The maximum atomic E-state index is 12.1. The minimum Gasteiger partial charge on any atom is -0.478 e. The second-order valence-corrected chi connectivity index (χ2v) is 9.50. The van der Waals surface area contributed by atoms with Crippen molar-refractivity contribution in [2.45, 2.75) is 32.2 Å². The number of thiazole rings is 1. The van der Waals surface area contributed by atoms with Crippen molar-refractivity contribution in [3.05, 3.63) is 82.3 Å². The molecule has 0 aliphatic carbocycles. The number of rotatable bonds is 9. The molecule has 0 saturated carbocycles. The fraction of sp³-hybridized carbons (Fsp3) is 0.200. The van der Waals surface area contributed by atoms with E-state index in [2.05, 4.69) is 4.98 Å². The molecule has 0 radical (unpaired) electrons. The highest BCUT2D eigenvalue weighted by Gasteiger charge is 2.43. The van der Waals surface area contributed by atoms with Gasteiger partial charge in [-0.2, -0.15) is 0 Å². The molecule has 34 heavy (non-hydrogen) atoms. The maximum Gasteiger partial charge on any atom is 0.350 e. The van der Waals surface area contributed by atoms with Gasteiger partial charge in [0.15, 0.2) is 0 Å². The first-order valence-electron chi connectivity index (χ1n) is 10.4. The van der Waals surface area contributed by atoms with Crippen molar-refractivity contribution in [3.63, 3.8) is 0 Å². The highest BCUT2D eigenvalue weighted by Crippen LogP contribution is 2.33. The van der Waals surface area contributed by atoms with Crippen LogP contribution in [0.3, 0.4) is 0 Å². The number of aliphatic carboxylic acids is 1. The lowest BCUT2D eigenvalue weighted by Gasteiger charge is -2.32. The zero-order valence-corrected chi connectivity index (χ0v) is 20.7. The van der Waals surface area contributed by atoms with Crippen LogP contribution in [0.4, 0.5) is 0 Å². The predicted octanol–water partition coefficient (Wildman–Crippen LogP) is 7.22. The van der Waals surface area contributed by atoms with Gasteiger partial charge in [0.1, 0.15) is 17.6 Å². The van der Waals surface area contributed by atoms with Crippen LogP contribution in [0.2, 0.25) is 10.0 Å². The first kappa shape index (κ1) is 24.3. The van der Waals surface area contributed by atoms with Crippen molar-refractivity contribution in [1.82, 2.24) is 4.98 Å². The van der Waals surface area contributed by atoms with Crippen LogP contribution in [0.25, 0.3) is 10.2 Å². The van der Waals surface area contributed by atoms with Gasteiger partial charge in [-0.15, -0.1) is 0 Å². The lowest BCUT2D eigenvalue weighted by Crippen LogP contribution is -2.51. The number of halogens is 2. The monoisotopic (exact) mass is 517 g/mol. The Kier molecular flexibility index (Phi) is 7.28. The summed E-state index contributed by atoms with van der Waals surface area (Å²) in [5.74, 6) is -0.256. The normalized spacial score (nSPS) is 13.9. The summed E-state index contributed by atoms with van der Waals surface area (Å²) >= 11 is 13.8. The lowest BCUT2D eigenvalue weighted by atomic mass is 10.00. The van der Waals surface area contributed by atoms with Crippen molar-refractivity contribution < 1.29 is 24.1 Å². The van der Waals surface area contributed by atoms with E-state index in [1.807, 2.05) is 24.3 Å². The number of benzene rings is 3. The van der Waals surface area contributed by atoms with E-state index < -0.39 is 17.7 Å². The smallest absolute Gasteiger partial charge is 0.350 e. The average Bonchev–Trinajstić information content (AvgIpc) is 3.22. The van der Waals surface area contributed by atoms with Crippen LogP contribution in [0.5, 0.6) is 16.7 Å². The van der Waals surface area contributed by atoms with E-state index in [1.54, 1.807) is 49.4 Å². The number of carbonyl (C=O) groups is 1. The van der Waals surface area contributed by atoms with Crippen LogP contribution in [0.1, 0.15) is 19.4 Å². The Bertz CT molecular complexity index is 1260. The molecule has 3 aromatic carbocycles. The first-order chi connectivity index (χ1) is 16.3. The number of carboxylic acids is 1.